The van der Waals surface area contributed by atoms with Gasteiger partial charge in [0.2, 0.25) is 11.6 Å². The van der Waals surface area contributed by atoms with Gasteiger partial charge in [-0.1, -0.05) is 60.7 Å². The lowest BCUT2D eigenvalue weighted by atomic mass is 9.73. The van der Waals surface area contributed by atoms with Crippen LogP contribution in [0.4, 0.5) is 0 Å². The van der Waals surface area contributed by atoms with Crippen molar-refractivity contribution in [3.63, 3.8) is 0 Å². The maximum atomic E-state index is 12.6. The Labute approximate surface area is 189 Å². The molecule has 1 heterocycles. The third-order valence-corrected chi connectivity index (χ3v) is 5.21. The smallest absolute Gasteiger partial charge is 0.348 e. The van der Waals surface area contributed by atoms with E-state index in [9.17, 15) is 39.6 Å². The van der Waals surface area contributed by atoms with Crippen molar-refractivity contribution in [1.82, 2.24) is 5.32 Å². The summed E-state index contributed by atoms with van der Waals surface area (Å²) < 4.78 is 0. The average molecular weight is 458 g/mol. The lowest BCUT2D eigenvalue weighted by molar-refractivity contribution is -0.187. The number of carbonyl (C=O) groups is 4. The molecular formula is C23H26N2O8. The second-order valence-electron chi connectivity index (χ2n) is 7.53. The van der Waals surface area contributed by atoms with Gasteiger partial charge in [0.1, 0.15) is 0 Å². The van der Waals surface area contributed by atoms with Gasteiger partial charge in [-0.25, -0.2) is 9.59 Å². The van der Waals surface area contributed by atoms with Crippen LogP contribution in [-0.2, 0) is 9.59 Å². The summed E-state index contributed by atoms with van der Waals surface area (Å²) in [7, 11) is 0. The summed E-state index contributed by atoms with van der Waals surface area (Å²) in [4.78, 5) is 48.5. The van der Waals surface area contributed by atoms with Gasteiger partial charge in [0, 0.05) is 23.7 Å². The number of carboxylic acids is 2. The van der Waals surface area contributed by atoms with Crippen LogP contribution >= 0.6 is 0 Å². The number of rotatable bonds is 7. The van der Waals surface area contributed by atoms with Crippen molar-refractivity contribution in [3.05, 3.63) is 71.8 Å². The first kappa shape index (κ1) is 25.8. The van der Waals surface area contributed by atoms with E-state index in [1.54, 1.807) is 0 Å². The molecule has 1 saturated heterocycles. The fourth-order valence-corrected chi connectivity index (χ4v) is 3.31. The third-order valence-electron chi connectivity index (χ3n) is 5.21. The minimum atomic E-state index is -3.95. The van der Waals surface area contributed by atoms with Crippen molar-refractivity contribution in [2.24, 2.45) is 5.73 Å². The molecule has 2 aromatic carbocycles. The largest absolute Gasteiger partial charge is 0.479 e. The van der Waals surface area contributed by atoms with E-state index in [0.29, 0.717) is 6.04 Å². The molecule has 176 valence electrons. The minimum absolute atomic E-state index is 0.391. The maximum Gasteiger partial charge on any atom is 0.348 e. The number of carbonyl (C=O) groups excluding carboxylic acids is 2. The molecule has 2 aromatic rings. The van der Waals surface area contributed by atoms with Gasteiger partial charge in [0.25, 0.3) is 11.2 Å². The Kier molecular flexibility index (Phi) is 8.55. The van der Waals surface area contributed by atoms with Crippen molar-refractivity contribution < 1.29 is 39.6 Å². The zero-order valence-electron chi connectivity index (χ0n) is 17.7. The van der Waals surface area contributed by atoms with Crippen LogP contribution in [0.2, 0.25) is 0 Å². The van der Waals surface area contributed by atoms with Crippen LogP contribution in [0, 0.1) is 0 Å². The predicted molar refractivity (Wildman–Crippen MR) is 117 cm³/mol. The molecule has 10 heteroatoms. The van der Waals surface area contributed by atoms with E-state index in [-0.39, 0.29) is 0 Å². The zero-order valence-corrected chi connectivity index (χ0v) is 17.7. The first-order valence-corrected chi connectivity index (χ1v) is 10.1. The van der Waals surface area contributed by atoms with Crippen LogP contribution in [-0.4, -0.2) is 74.3 Å². The molecule has 1 fully saturated rings. The number of ketones is 2. The van der Waals surface area contributed by atoms with Crippen LogP contribution in [0.25, 0.3) is 0 Å². The first-order chi connectivity index (χ1) is 15.6. The highest BCUT2D eigenvalue weighted by atomic mass is 16.5. The highest BCUT2D eigenvalue weighted by molar-refractivity contribution is 6.28. The van der Waals surface area contributed by atoms with E-state index in [2.05, 4.69) is 5.32 Å². The Morgan fingerprint density at radius 2 is 1.18 bits per heavy atom. The Morgan fingerprint density at radius 3 is 1.42 bits per heavy atom. The summed E-state index contributed by atoms with van der Waals surface area (Å²) in [6, 6.07) is 13.2. The second kappa shape index (κ2) is 10.9. The molecule has 10 nitrogen and oxygen atoms in total. The molecule has 0 radical (unpaired) electrons. The van der Waals surface area contributed by atoms with Crippen LogP contribution < -0.4 is 11.1 Å². The molecule has 0 saturated carbocycles. The van der Waals surface area contributed by atoms with Crippen molar-refractivity contribution in [2.75, 3.05) is 13.1 Å². The molecule has 0 aliphatic carbocycles. The summed E-state index contributed by atoms with van der Waals surface area (Å²) in [5, 5.41) is 43.1. The first-order valence-electron chi connectivity index (χ1n) is 10.1. The number of nitrogens with two attached hydrogens (primary N) is 1. The Balaban J connectivity index is 0.000000468. The number of aliphatic hydroxyl groups is 2. The third kappa shape index (κ3) is 5.32. The number of carboxylic acid groups (broad SMARTS) is 2. The zero-order chi connectivity index (χ0) is 24.6. The number of benzene rings is 2. The summed E-state index contributed by atoms with van der Waals surface area (Å²) in [5.74, 6) is -8.03. The van der Waals surface area contributed by atoms with Crippen molar-refractivity contribution in [3.8, 4) is 0 Å². The molecule has 0 amide bonds. The molecule has 33 heavy (non-hydrogen) atoms. The maximum absolute atomic E-state index is 12.6. The van der Waals surface area contributed by atoms with Gasteiger partial charge >= 0.3 is 11.9 Å². The van der Waals surface area contributed by atoms with Crippen LogP contribution in [0.1, 0.15) is 33.6 Å². The molecule has 3 atom stereocenters. The Morgan fingerprint density at radius 1 is 0.788 bits per heavy atom. The van der Waals surface area contributed by atoms with Gasteiger partial charge in [-0.05, 0) is 19.4 Å². The van der Waals surface area contributed by atoms with Crippen molar-refractivity contribution >= 4 is 23.5 Å². The van der Waals surface area contributed by atoms with Crippen LogP contribution in [0.5, 0.6) is 0 Å². The topological polar surface area (TPSA) is 187 Å². The highest BCUT2D eigenvalue weighted by Crippen LogP contribution is 2.31. The molecule has 7 N–H and O–H groups in total. The average Bonchev–Trinajstić information content (AvgIpc) is 2.83. The fourth-order valence-electron chi connectivity index (χ4n) is 3.31. The standard InChI is InChI=1S/C18H14O8.C5H12N2/c19-13(11-7-3-1-4-8-11)17(25,15(21)22)18(26,16(23)24)14(20)12-9-5-2-6-10-12;6-5-2-1-3-7-4-5/h1-10,25-26H,(H,21,22)(H,23,24);5,7H,1-4,6H2/t;5-/m.1/s1. The quantitative estimate of drug-likeness (QED) is 0.245. The van der Waals surface area contributed by atoms with E-state index >= 15 is 0 Å². The number of hydrogen-bond donors (Lipinski definition) is 6. The molecular weight excluding hydrogens is 432 g/mol. The number of hydrogen-bond acceptors (Lipinski definition) is 8. The SMILES string of the molecule is N[C@@H]1CCCNC1.O=C(O)C(O)(C(=O)c1ccccc1)C(O)(C(=O)O)C(=O)c1ccccc1. The number of piperidine rings is 1. The lowest BCUT2D eigenvalue weighted by Gasteiger charge is -2.34. The van der Waals surface area contributed by atoms with E-state index in [1.807, 2.05) is 0 Å². The van der Waals surface area contributed by atoms with Gasteiger partial charge in [0.05, 0.1) is 0 Å². The van der Waals surface area contributed by atoms with E-state index in [0.717, 1.165) is 37.4 Å². The minimum Gasteiger partial charge on any atom is -0.479 e. The summed E-state index contributed by atoms with van der Waals surface area (Å²) in [5.41, 5.74) is -3.11. The molecule has 1 aliphatic rings. The van der Waals surface area contributed by atoms with Gasteiger partial charge in [0.15, 0.2) is 0 Å². The van der Waals surface area contributed by atoms with Gasteiger partial charge in [-0.15, -0.1) is 0 Å². The Hall–Kier alpha value is -3.44. The number of Topliss-reactive ketones (excluding diaryl/α,β-unsaturated/α-hetero) is 2. The van der Waals surface area contributed by atoms with E-state index in [1.165, 1.54) is 49.2 Å². The van der Waals surface area contributed by atoms with Gasteiger partial charge in [-0.3, -0.25) is 9.59 Å². The summed E-state index contributed by atoms with van der Waals surface area (Å²) >= 11 is 0. The molecule has 1 aliphatic heterocycles. The monoisotopic (exact) mass is 458 g/mol. The number of aliphatic carboxylic acids is 2. The molecule has 3 rings (SSSR count). The number of nitrogens with one attached hydrogen (secondary N) is 1. The molecule has 0 aromatic heterocycles. The van der Waals surface area contributed by atoms with E-state index < -0.39 is 45.8 Å². The summed E-state index contributed by atoms with van der Waals surface area (Å²) in [6.07, 6.45) is 2.45. The fraction of sp³-hybridized carbons (Fsp3) is 0.304. The van der Waals surface area contributed by atoms with E-state index in [4.69, 9.17) is 5.73 Å². The lowest BCUT2D eigenvalue weighted by Crippen LogP contribution is -2.71. The highest BCUT2D eigenvalue weighted by Gasteiger charge is 2.69. The molecule has 0 bridgehead atoms. The van der Waals surface area contributed by atoms with Crippen LogP contribution in [0.3, 0.4) is 0 Å². The van der Waals surface area contributed by atoms with Crippen molar-refractivity contribution in [2.45, 2.75) is 30.1 Å². The van der Waals surface area contributed by atoms with Gasteiger partial charge < -0.3 is 31.5 Å². The normalized spacial score (nSPS) is 19.1. The predicted octanol–water partition coefficient (Wildman–Crippen LogP) is 0.0807. The summed E-state index contributed by atoms with van der Waals surface area (Å²) in [6.45, 7) is 2.17. The second-order valence-corrected chi connectivity index (χ2v) is 7.53. The van der Waals surface area contributed by atoms with Crippen molar-refractivity contribution in [1.29, 1.82) is 0 Å². The molecule has 0 spiro atoms. The van der Waals surface area contributed by atoms with Crippen LogP contribution in [0.15, 0.2) is 60.7 Å². The van der Waals surface area contributed by atoms with Gasteiger partial charge in [-0.2, -0.15) is 0 Å². The Bertz CT molecular complexity index is 919. The molecule has 2 unspecified atom stereocenters.